The third-order valence-electron chi connectivity index (χ3n) is 4.13. The number of hydrogen-bond donors (Lipinski definition) is 0. The normalized spacial score (nSPS) is 11.2. The predicted molar refractivity (Wildman–Crippen MR) is 103 cm³/mol. The minimum atomic E-state index is -0.239. The van der Waals surface area contributed by atoms with Crippen LogP contribution < -0.4 is 0 Å². The zero-order chi connectivity index (χ0) is 17.1. The van der Waals surface area contributed by atoms with Crippen LogP contribution in [0, 0.1) is 5.82 Å². The van der Waals surface area contributed by atoms with Crippen LogP contribution in [0.2, 0.25) is 0 Å². The Morgan fingerprint density at radius 2 is 1.52 bits per heavy atom. The molecule has 0 saturated carbocycles. The van der Waals surface area contributed by atoms with Gasteiger partial charge in [-0.05, 0) is 47.0 Å². The summed E-state index contributed by atoms with van der Waals surface area (Å²) < 4.78 is 13.5. The van der Waals surface area contributed by atoms with Crippen LogP contribution in [0.15, 0.2) is 85.1 Å². The van der Waals surface area contributed by atoms with Gasteiger partial charge in [0.15, 0.2) is 0 Å². The lowest BCUT2D eigenvalue weighted by molar-refractivity contribution is 0.628. The van der Waals surface area contributed by atoms with Gasteiger partial charge < -0.3 is 0 Å². The third kappa shape index (κ3) is 3.48. The van der Waals surface area contributed by atoms with Gasteiger partial charge in [-0.25, -0.2) is 4.39 Å². The molecule has 25 heavy (non-hydrogen) atoms. The maximum absolute atomic E-state index is 13.5. The average molecular weight is 325 g/mol. The molecule has 4 rings (SSSR count). The summed E-state index contributed by atoms with van der Waals surface area (Å²) in [5.74, 6) is -0.239. The van der Waals surface area contributed by atoms with E-state index >= 15 is 0 Å². The molecule has 0 saturated heterocycles. The summed E-state index contributed by atoms with van der Waals surface area (Å²) in [6.07, 6.45) is 5.96. The van der Waals surface area contributed by atoms with E-state index in [9.17, 15) is 4.39 Å². The highest BCUT2D eigenvalue weighted by atomic mass is 19.1. The van der Waals surface area contributed by atoms with Crippen molar-refractivity contribution in [1.82, 2.24) is 4.98 Å². The molecule has 0 N–H and O–H groups in total. The van der Waals surface area contributed by atoms with Crippen molar-refractivity contribution in [2.75, 3.05) is 0 Å². The molecule has 0 spiro atoms. The van der Waals surface area contributed by atoms with Crippen LogP contribution in [0.25, 0.3) is 34.2 Å². The first-order chi connectivity index (χ1) is 12.3. The van der Waals surface area contributed by atoms with Crippen molar-refractivity contribution in [2.24, 2.45) is 0 Å². The quantitative estimate of drug-likeness (QED) is 0.408. The van der Waals surface area contributed by atoms with E-state index in [4.69, 9.17) is 0 Å². The van der Waals surface area contributed by atoms with E-state index < -0.39 is 0 Å². The predicted octanol–water partition coefficient (Wildman–Crippen LogP) is 6.21. The maximum Gasteiger partial charge on any atom is 0.123 e. The topological polar surface area (TPSA) is 12.9 Å². The Bertz CT molecular complexity index is 1050. The lowest BCUT2D eigenvalue weighted by atomic mass is 10.0. The van der Waals surface area contributed by atoms with Crippen molar-refractivity contribution in [2.45, 2.75) is 0 Å². The summed E-state index contributed by atoms with van der Waals surface area (Å²) in [6.45, 7) is 0. The van der Waals surface area contributed by atoms with E-state index in [0.29, 0.717) is 0 Å². The van der Waals surface area contributed by atoms with Crippen LogP contribution in [0.3, 0.4) is 0 Å². The van der Waals surface area contributed by atoms with Crippen LogP contribution >= 0.6 is 0 Å². The van der Waals surface area contributed by atoms with Gasteiger partial charge in [0.1, 0.15) is 5.82 Å². The van der Waals surface area contributed by atoms with Crippen molar-refractivity contribution in [3.05, 3.63) is 102 Å². The molecule has 120 valence electrons. The van der Waals surface area contributed by atoms with Crippen molar-refractivity contribution in [3.63, 3.8) is 0 Å². The fourth-order valence-electron chi connectivity index (χ4n) is 2.84. The van der Waals surface area contributed by atoms with E-state index in [-0.39, 0.29) is 5.82 Å². The molecule has 0 aliphatic rings. The molecule has 1 aromatic heterocycles. The van der Waals surface area contributed by atoms with Crippen molar-refractivity contribution < 1.29 is 4.39 Å². The second-order valence-electron chi connectivity index (χ2n) is 5.93. The van der Waals surface area contributed by atoms with Gasteiger partial charge in [0, 0.05) is 17.1 Å². The number of pyridine rings is 1. The maximum atomic E-state index is 13.5. The van der Waals surface area contributed by atoms with Gasteiger partial charge in [-0.2, -0.15) is 0 Å². The average Bonchev–Trinajstić information content (AvgIpc) is 2.66. The smallest absolute Gasteiger partial charge is 0.123 e. The number of halogens is 1. The molecule has 0 unspecified atom stereocenters. The van der Waals surface area contributed by atoms with Gasteiger partial charge in [0.2, 0.25) is 0 Å². The SMILES string of the molecule is Fc1cccc(-c2cnc3ccc(C=Cc4ccccc4)cc3c2)c1. The molecule has 3 aromatic carbocycles. The monoisotopic (exact) mass is 325 g/mol. The van der Waals surface area contributed by atoms with Crippen LogP contribution in [-0.2, 0) is 0 Å². The lowest BCUT2D eigenvalue weighted by Gasteiger charge is -2.05. The van der Waals surface area contributed by atoms with Crippen LogP contribution in [0.1, 0.15) is 11.1 Å². The first-order valence-electron chi connectivity index (χ1n) is 8.17. The molecule has 0 amide bonds. The molecule has 0 bridgehead atoms. The van der Waals surface area contributed by atoms with Crippen LogP contribution in [0.5, 0.6) is 0 Å². The summed E-state index contributed by atoms with van der Waals surface area (Å²) in [6, 6.07) is 25.0. The molecule has 0 fully saturated rings. The first kappa shape index (κ1) is 15.3. The van der Waals surface area contributed by atoms with Gasteiger partial charge in [0.25, 0.3) is 0 Å². The summed E-state index contributed by atoms with van der Waals surface area (Å²) in [5.41, 5.74) is 4.94. The number of nitrogens with zero attached hydrogens (tertiary/aromatic N) is 1. The van der Waals surface area contributed by atoms with E-state index in [0.717, 1.165) is 33.2 Å². The zero-order valence-corrected chi connectivity index (χ0v) is 13.6. The summed E-state index contributed by atoms with van der Waals surface area (Å²) >= 11 is 0. The van der Waals surface area contributed by atoms with Gasteiger partial charge in [-0.15, -0.1) is 0 Å². The van der Waals surface area contributed by atoms with Crippen molar-refractivity contribution >= 4 is 23.1 Å². The Hall–Kier alpha value is -3.26. The first-order valence-corrected chi connectivity index (χ1v) is 8.17. The Morgan fingerprint density at radius 3 is 2.36 bits per heavy atom. The van der Waals surface area contributed by atoms with E-state index in [1.54, 1.807) is 12.3 Å². The van der Waals surface area contributed by atoms with Gasteiger partial charge in [0.05, 0.1) is 5.52 Å². The van der Waals surface area contributed by atoms with E-state index in [2.05, 4.69) is 47.5 Å². The molecular formula is C23H16FN. The van der Waals surface area contributed by atoms with Gasteiger partial charge in [-0.1, -0.05) is 60.7 Å². The zero-order valence-electron chi connectivity index (χ0n) is 13.6. The number of hydrogen-bond acceptors (Lipinski definition) is 1. The lowest BCUT2D eigenvalue weighted by Crippen LogP contribution is -1.85. The molecule has 0 aliphatic carbocycles. The molecular weight excluding hydrogens is 309 g/mol. The Morgan fingerprint density at radius 1 is 0.680 bits per heavy atom. The second kappa shape index (κ2) is 6.70. The molecule has 2 heteroatoms. The van der Waals surface area contributed by atoms with Crippen molar-refractivity contribution in [3.8, 4) is 11.1 Å². The Kier molecular flexibility index (Phi) is 4.09. The Labute approximate surface area is 146 Å². The number of fused-ring (bicyclic) bond motifs is 1. The minimum absolute atomic E-state index is 0.239. The molecule has 1 nitrogen and oxygen atoms in total. The highest BCUT2D eigenvalue weighted by Gasteiger charge is 2.03. The third-order valence-corrected chi connectivity index (χ3v) is 4.13. The van der Waals surface area contributed by atoms with Crippen molar-refractivity contribution in [1.29, 1.82) is 0 Å². The van der Waals surface area contributed by atoms with E-state index in [1.807, 2.05) is 30.3 Å². The van der Waals surface area contributed by atoms with Gasteiger partial charge >= 0.3 is 0 Å². The van der Waals surface area contributed by atoms with Gasteiger partial charge in [-0.3, -0.25) is 4.98 Å². The Balaban J connectivity index is 1.70. The number of rotatable bonds is 3. The highest BCUT2D eigenvalue weighted by Crippen LogP contribution is 2.24. The summed E-state index contributed by atoms with van der Waals surface area (Å²) in [4.78, 5) is 4.50. The molecule has 1 heterocycles. The largest absolute Gasteiger partial charge is 0.256 e. The molecule has 0 atom stereocenters. The molecule has 4 aromatic rings. The fourth-order valence-corrected chi connectivity index (χ4v) is 2.84. The molecule has 0 aliphatic heterocycles. The van der Waals surface area contributed by atoms with E-state index in [1.165, 1.54) is 12.1 Å². The van der Waals surface area contributed by atoms with Crippen LogP contribution in [-0.4, -0.2) is 4.98 Å². The number of aromatic nitrogens is 1. The number of benzene rings is 3. The standard InChI is InChI=1S/C23H16FN/c24-22-8-4-7-19(15-22)21-14-20-13-18(11-12-23(20)25-16-21)10-9-17-5-2-1-3-6-17/h1-16H. The minimum Gasteiger partial charge on any atom is -0.256 e. The second-order valence-corrected chi connectivity index (χ2v) is 5.93. The molecule has 0 radical (unpaired) electrons. The highest BCUT2D eigenvalue weighted by molar-refractivity contribution is 5.86. The summed E-state index contributed by atoms with van der Waals surface area (Å²) in [5, 5.41) is 1.04. The van der Waals surface area contributed by atoms with Crippen LogP contribution in [0.4, 0.5) is 4.39 Å². The summed E-state index contributed by atoms with van der Waals surface area (Å²) in [7, 11) is 0. The fraction of sp³-hybridized carbons (Fsp3) is 0.